The lowest BCUT2D eigenvalue weighted by molar-refractivity contribution is -0.135. The Bertz CT molecular complexity index is 357. The van der Waals surface area contributed by atoms with Gasteiger partial charge in [-0.05, 0) is 32.4 Å². The van der Waals surface area contributed by atoms with Gasteiger partial charge in [-0.15, -0.1) is 0 Å². The van der Waals surface area contributed by atoms with Gasteiger partial charge in [0, 0.05) is 19.0 Å². The number of rotatable bonds is 6. The highest BCUT2D eigenvalue weighted by Gasteiger charge is 2.27. The lowest BCUT2D eigenvalue weighted by atomic mass is 10.2. The van der Waals surface area contributed by atoms with E-state index in [1.165, 1.54) is 0 Å². The molecule has 0 radical (unpaired) electrons. The second-order valence-electron chi connectivity index (χ2n) is 4.75. The first-order chi connectivity index (χ1) is 8.16. The van der Waals surface area contributed by atoms with Crippen LogP contribution in [-0.4, -0.2) is 51.4 Å². The van der Waals surface area contributed by atoms with Gasteiger partial charge < -0.3 is 4.90 Å². The van der Waals surface area contributed by atoms with Crippen LogP contribution in [0.3, 0.4) is 0 Å². The smallest absolute Gasteiger partial charge is 0.302 e. The minimum atomic E-state index is -4.08. The van der Waals surface area contributed by atoms with Crippen molar-refractivity contribution >= 4 is 10.0 Å². The third-order valence-corrected chi connectivity index (χ3v) is 3.60. The highest BCUT2D eigenvalue weighted by atomic mass is 32.2. The number of nitrogens with zero attached hydrogens (tertiary/aromatic N) is 1. The van der Waals surface area contributed by atoms with E-state index in [9.17, 15) is 21.6 Å². The zero-order valence-electron chi connectivity index (χ0n) is 10.3. The molecule has 1 N–H and O–H groups in total. The van der Waals surface area contributed by atoms with Crippen LogP contribution in [-0.2, 0) is 10.0 Å². The van der Waals surface area contributed by atoms with Gasteiger partial charge in [-0.1, -0.05) is 0 Å². The van der Waals surface area contributed by atoms with E-state index in [-0.39, 0.29) is 12.5 Å². The molecular weight excluding hydrogens is 269 g/mol. The molecule has 0 aromatic heterocycles. The molecule has 1 rings (SSSR count). The van der Waals surface area contributed by atoms with Crippen LogP contribution >= 0.6 is 0 Å². The number of likely N-dealkylation sites (tertiary alicyclic amines) is 1. The predicted molar refractivity (Wildman–Crippen MR) is 62.7 cm³/mol. The predicted octanol–water partition coefficient (Wildman–Crippen LogP) is 1.34. The summed E-state index contributed by atoms with van der Waals surface area (Å²) in [6, 6.07) is -0.109. The Morgan fingerprint density at radius 3 is 2.56 bits per heavy atom. The molecule has 1 saturated heterocycles. The highest BCUT2D eigenvalue weighted by Crippen LogP contribution is 2.22. The van der Waals surface area contributed by atoms with Crippen LogP contribution in [0.5, 0.6) is 0 Å². The van der Waals surface area contributed by atoms with Gasteiger partial charge in [0.1, 0.15) is 0 Å². The number of sulfonamides is 1. The van der Waals surface area contributed by atoms with Gasteiger partial charge in [0.25, 0.3) is 0 Å². The molecule has 1 unspecified atom stereocenters. The van der Waals surface area contributed by atoms with Gasteiger partial charge in [-0.25, -0.2) is 13.1 Å². The van der Waals surface area contributed by atoms with Gasteiger partial charge in [-0.3, -0.25) is 0 Å². The maximum Gasteiger partial charge on any atom is 0.389 e. The molecule has 0 saturated carbocycles. The second-order valence-corrected chi connectivity index (χ2v) is 6.53. The summed E-state index contributed by atoms with van der Waals surface area (Å²) in [5, 5.41) is 0. The molecule has 1 fully saturated rings. The van der Waals surface area contributed by atoms with E-state index < -0.39 is 22.6 Å². The van der Waals surface area contributed by atoms with Crippen LogP contribution < -0.4 is 4.72 Å². The Morgan fingerprint density at radius 1 is 1.33 bits per heavy atom. The molecule has 0 spiro atoms. The molecular formula is C10H19F3N2O2S. The summed E-state index contributed by atoms with van der Waals surface area (Å²) < 4.78 is 60.3. The SMILES string of the molecule is CS(=O)(=O)NC1CCN(CCCCC(F)(F)F)C1. The van der Waals surface area contributed by atoms with Gasteiger partial charge in [0.15, 0.2) is 0 Å². The van der Waals surface area contributed by atoms with Crippen LogP contribution in [0.2, 0.25) is 0 Å². The van der Waals surface area contributed by atoms with Crippen molar-refractivity contribution in [2.24, 2.45) is 0 Å². The molecule has 1 heterocycles. The number of unbranched alkanes of at least 4 members (excludes halogenated alkanes) is 1. The molecule has 108 valence electrons. The highest BCUT2D eigenvalue weighted by molar-refractivity contribution is 7.88. The van der Waals surface area contributed by atoms with Gasteiger partial charge in [-0.2, -0.15) is 13.2 Å². The van der Waals surface area contributed by atoms with Crippen molar-refractivity contribution in [1.29, 1.82) is 0 Å². The quantitative estimate of drug-likeness (QED) is 0.750. The first kappa shape index (κ1) is 15.7. The van der Waals surface area contributed by atoms with E-state index in [1.54, 1.807) is 0 Å². The first-order valence-corrected chi connectivity index (χ1v) is 7.81. The van der Waals surface area contributed by atoms with Crippen LogP contribution in [0, 0.1) is 0 Å². The van der Waals surface area contributed by atoms with E-state index in [0.29, 0.717) is 25.9 Å². The average molecular weight is 288 g/mol. The summed E-state index contributed by atoms with van der Waals surface area (Å²) in [5.41, 5.74) is 0. The first-order valence-electron chi connectivity index (χ1n) is 5.92. The van der Waals surface area contributed by atoms with Crippen molar-refractivity contribution in [2.45, 2.75) is 37.9 Å². The fourth-order valence-electron chi connectivity index (χ4n) is 2.10. The molecule has 1 aliphatic rings. The van der Waals surface area contributed by atoms with Crippen molar-refractivity contribution < 1.29 is 21.6 Å². The fraction of sp³-hybridized carbons (Fsp3) is 1.00. The van der Waals surface area contributed by atoms with Crippen molar-refractivity contribution in [3.8, 4) is 0 Å². The maximum absolute atomic E-state index is 11.9. The lowest BCUT2D eigenvalue weighted by Gasteiger charge is -2.16. The second kappa shape index (κ2) is 6.21. The number of hydrogen-bond acceptors (Lipinski definition) is 3. The van der Waals surface area contributed by atoms with Gasteiger partial charge >= 0.3 is 6.18 Å². The molecule has 0 aromatic rings. The van der Waals surface area contributed by atoms with Crippen LogP contribution in [0.1, 0.15) is 25.7 Å². The standard InChI is InChI=1S/C10H19F3N2O2S/c1-18(16,17)14-9-4-7-15(8-9)6-3-2-5-10(11,12)13/h9,14H,2-8H2,1H3. The molecule has 0 bridgehead atoms. The summed E-state index contributed by atoms with van der Waals surface area (Å²) in [4.78, 5) is 2.00. The van der Waals surface area contributed by atoms with E-state index in [1.807, 2.05) is 4.90 Å². The van der Waals surface area contributed by atoms with Gasteiger partial charge in [0.2, 0.25) is 10.0 Å². The van der Waals surface area contributed by atoms with Crippen molar-refractivity contribution in [1.82, 2.24) is 9.62 Å². The van der Waals surface area contributed by atoms with Crippen molar-refractivity contribution in [3.05, 3.63) is 0 Å². The number of halogens is 3. The molecule has 4 nitrogen and oxygen atoms in total. The Balaban J connectivity index is 2.15. The Labute approximate surface area is 106 Å². The van der Waals surface area contributed by atoms with Crippen molar-refractivity contribution in [2.75, 3.05) is 25.9 Å². The van der Waals surface area contributed by atoms with Crippen LogP contribution in [0.25, 0.3) is 0 Å². The summed E-state index contributed by atoms with van der Waals surface area (Å²) in [6.07, 6.45) is -2.38. The number of alkyl halides is 3. The van der Waals surface area contributed by atoms with E-state index in [4.69, 9.17) is 0 Å². The molecule has 8 heteroatoms. The van der Waals surface area contributed by atoms with E-state index >= 15 is 0 Å². The average Bonchev–Trinajstić information content (AvgIpc) is 2.56. The Kier molecular flexibility index (Phi) is 5.42. The third kappa shape index (κ3) is 7.17. The Hall–Kier alpha value is -0.340. The van der Waals surface area contributed by atoms with Crippen molar-refractivity contribution in [3.63, 3.8) is 0 Å². The van der Waals surface area contributed by atoms with E-state index in [0.717, 1.165) is 12.8 Å². The molecule has 1 aliphatic heterocycles. The molecule has 0 aromatic carbocycles. The molecule has 18 heavy (non-hydrogen) atoms. The topological polar surface area (TPSA) is 49.4 Å². The summed E-state index contributed by atoms with van der Waals surface area (Å²) in [5.74, 6) is 0. The minimum absolute atomic E-state index is 0.109. The molecule has 0 amide bonds. The third-order valence-electron chi connectivity index (χ3n) is 2.84. The minimum Gasteiger partial charge on any atom is -0.302 e. The Morgan fingerprint density at radius 2 is 2.00 bits per heavy atom. The van der Waals surface area contributed by atoms with E-state index in [2.05, 4.69) is 4.72 Å². The summed E-state index contributed by atoms with van der Waals surface area (Å²) in [7, 11) is -3.20. The molecule has 1 atom stereocenters. The molecule has 0 aliphatic carbocycles. The number of hydrogen-bond donors (Lipinski definition) is 1. The summed E-state index contributed by atoms with van der Waals surface area (Å²) >= 11 is 0. The zero-order valence-corrected chi connectivity index (χ0v) is 11.1. The fourth-order valence-corrected chi connectivity index (χ4v) is 2.89. The normalized spacial score (nSPS) is 22.6. The van der Waals surface area contributed by atoms with Crippen LogP contribution in [0.4, 0.5) is 13.2 Å². The monoisotopic (exact) mass is 288 g/mol. The zero-order chi connectivity index (χ0) is 13.8. The summed E-state index contributed by atoms with van der Waals surface area (Å²) in [6.45, 7) is 1.91. The van der Waals surface area contributed by atoms with Crippen LogP contribution in [0.15, 0.2) is 0 Å². The maximum atomic E-state index is 11.9. The van der Waals surface area contributed by atoms with Gasteiger partial charge in [0.05, 0.1) is 6.26 Å². The largest absolute Gasteiger partial charge is 0.389 e. The lowest BCUT2D eigenvalue weighted by Crippen LogP contribution is -2.36. The number of nitrogens with one attached hydrogen (secondary N) is 1.